The molecule has 6 heteroatoms. The number of para-hydroxylation sites is 2. The number of pyridine rings is 1. The molecule has 0 atom stereocenters. The van der Waals surface area contributed by atoms with Crippen LogP contribution >= 0.6 is 0 Å². The van der Waals surface area contributed by atoms with E-state index in [0.717, 1.165) is 50.5 Å². The van der Waals surface area contributed by atoms with Crippen LogP contribution in [0.1, 0.15) is 11.1 Å². The summed E-state index contributed by atoms with van der Waals surface area (Å²) in [7, 11) is -0.497. The lowest BCUT2D eigenvalue weighted by molar-refractivity contribution is 0.481. The molecule has 0 aliphatic carbocycles. The van der Waals surface area contributed by atoms with E-state index in [0.29, 0.717) is 5.75 Å². The Morgan fingerprint density at radius 1 is 0.703 bits per heavy atom. The molecular weight excluding hydrogens is 459 g/mol. The molecule has 0 fully saturated rings. The third-order valence-corrected chi connectivity index (χ3v) is 6.66. The molecule has 37 heavy (non-hydrogen) atoms. The maximum atomic E-state index is 6.31. The first-order valence-electron chi connectivity index (χ1n) is 12.3. The molecule has 178 valence electrons. The minimum Gasteiger partial charge on any atom is -0.519 e. The number of aromatic nitrogens is 2. The number of ether oxygens (including phenoxy) is 1. The van der Waals surface area contributed by atoms with Crippen molar-refractivity contribution in [2.24, 2.45) is 0 Å². The van der Waals surface area contributed by atoms with E-state index in [9.17, 15) is 0 Å². The minimum atomic E-state index is -0.497. The van der Waals surface area contributed by atoms with Crippen molar-refractivity contribution in [2.45, 2.75) is 13.8 Å². The van der Waals surface area contributed by atoms with Gasteiger partial charge in [0.15, 0.2) is 0 Å². The molecule has 0 radical (unpaired) electrons. The first kappa shape index (κ1) is 21.6. The van der Waals surface area contributed by atoms with Gasteiger partial charge in [-0.1, -0.05) is 42.0 Å². The summed E-state index contributed by atoms with van der Waals surface area (Å²) in [6, 6.07) is 32.4. The SMILES string of the molecule is Cc1ccc2c(c1)c1cc(C)cnc1n2-c1cccc(Oc2cccc(B3Oc4ccccc4O3)c2)c1. The molecule has 2 aromatic heterocycles. The van der Waals surface area contributed by atoms with Gasteiger partial charge in [0.25, 0.3) is 0 Å². The van der Waals surface area contributed by atoms with E-state index in [1.807, 2.05) is 72.9 Å². The molecule has 0 amide bonds. The fraction of sp³-hybridized carbons (Fsp3) is 0.0645. The Labute approximate surface area is 215 Å². The first-order chi connectivity index (χ1) is 18.1. The molecule has 0 spiro atoms. The van der Waals surface area contributed by atoms with E-state index in [4.69, 9.17) is 19.0 Å². The summed E-state index contributed by atoms with van der Waals surface area (Å²) in [5, 5.41) is 2.35. The number of aryl methyl sites for hydroxylation is 2. The molecule has 0 unspecified atom stereocenters. The summed E-state index contributed by atoms with van der Waals surface area (Å²) in [5.41, 5.74) is 6.30. The Kier molecular flexibility index (Phi) is 4.93. The average Bonchev–Trinajstić information content (AvgIpc) is 3.48. The zero-order valence-electron chi connectivity index (χ0n) is 20.5. The molecule has 0 bridgehead atoms. The standard InChI is InChI=1S/C31H23BN2O3/c1-20-13-14-28-26(15-20)27-16-21(2)19-33-31(27)34(28)23-8-6-10-25(18-23)35-24-9-5-7-22(17-24)32-36-29-11-3-4-12-30(29)37-32/h3-19H,1-2H3. The Hall–Kier alpha value is -4.71. The molecule has 0 saturated heterocycles. The zero-order valence-corrected chi connectivity index (χ0v) is 20.5. The number of fused-ring (bicyclic) bond motifs is 4. The molecule has 4 aromatic carbocycles. The van der Waals surface area contributed by atoms with Crippen molar-refractivity contribution < 1.29 is 14.0 Å². The highest BCUT2D eigenvalue weighted by atomic mass is 16.6. The summed E-state index contributed by atoms with van der Waals surface area (Å²) < 4.78 is 20.5. The topological polar surface area (TPSA) is 45.5 Å². The molecule has 1 aliphatic rings. The number of benzene rings is 4. The Bertz CT molecular complexity index is 1730. The van der Waals surface area contributed by atoms with Crippen molar-refractivity contribution in [1.29, 1.82) is 0 Å². The second-order valence-corrected chi connectivity index (χ2v) is 9.43. The molecule has 0 saturated carbocycles. The monoisotopic (exact) mass is 482 g/mol. The number of rotatable bonds is 4. The predicted octanol–water partition coefficient (Wildman–Crippen LogP) is 6.75. The summed E-state index contributed by atoms with van der Waals surface area (Å²) in [4.78, 5) is 4.80. The molecule has 0 N–H and O–H groups in total. The Morgan fingerprint density at radius 3 is 2.24 bits per heavy atom. The van der Waals surface area contributed by atoms with Crippen LogP contribution in [0.2, 0.25) is 0 Å². The second-order valence-electron chi connectivity index (χ2n) is 9.43. The minimum absolute atomic E-state index is 0.497. The van der Waals surface area contributed by atoms with Gasteiger partial charge in [-0.15, -0.1) is 0 Å². The third kappa shape index (κ3) is 3.78. The van der Waals surface area contributed by atoms with Crippen LogP contribution in [0.25, 0.3) is 27.6 Å². The van der Waals surface area contributed by atoms with Crippen LogP contribution in [0.15, 0.2) is 103 Å². The van der Waals surface area contributed by atoms with Crippen molar-refractivity contribution >= 4 is 34.5 Å². The van der Waals surface area contributed by atoms with Crippen LogP contribution in [-0.2, 0) is 0 Å². The van der Waals surface area contributed by atoms with Crippen LogP contribution in [0.4, 0.5) is 0 Å². The van der Waals surface area contributed by atoms with Crippen LogP contribution in [0, 0.1) is 13.8 Å². The summed E-state index contributed by atoms with van der Waals surface area (Å²) in [5.74, 6) is 2.94. The molecule has 3 heterocycles. The zero-order chi connectivity index (χ0) is 24.9. The van der Waals surface area contributed by atoms with Gasteiger partial charge in [0.05, 0.1) is 11.2 Å². The smallest absolute Gasteiger partial charge is 0.519 e. The van der Waals surface area contributed by atoms with Crippen molar-refractivity contribution in [1.82, 2.24) is 9.55 Å². The van der Waals surface area contributed by atoms with Crippen LogP contribution in [0.5, 0.6) is 23.0 Å². The molecule has 6 aromatic rings. The number of nitrogens with zero attached hydrogens (tertiary/aromatic N) is 2. The highest BCUT2D eigenvalue weighted by molar-refractivity contribution is 6.63. The number of hydrogen-bond donors (Lipinski definition) is 0. The summed E-state index contributed by atoms with van der Waals surface area (Å²) in [6.07, 6.45) is 1.92. The van der Waals surface area contributed by atoms with Crippen molar-refractivity contribution in [3.8, 4) is 28.7 Å². The predicted molar refractivity (Wildman–Crippen MR) is 148 cm³/mol. The maximum Gasteiger partial charge on any atom is 0.632 e. The van der Waals surface area contributed by atoms with Gasteiger partial charge in [0.2, 0.25) is 0 Å². The van der Waals surface area contributed by atoms with Gasteiger partial charge in [-0.05, 0) is 74.0 Å². The lowest BCUT2D eigenvalue weighted by Crippen LogP contribution is -2.38. The number of hydrogen-bond acceptors (Lipinski definition) is 4. The third-order valence-electron chi connectivity index (χ3n) is 6.66. The van der Waals surface area contributed by atoms with E-state index < -0.39 is 7.12 Å². The molecule has 7 rings (SSSR count). The normalized spacial score (nSPS) is 12.4. The highest BCUT2D eigenvalue weighted by Gasteiger charge is 2.34. The van der Waals surface area contributed by atoms with E-state index in [1.165, 1.54) is 10.9 Å². The van der Waals surface area contributed by atoms with Crippen LogP contribution in [0.3, 0.4) is 0 Å². The van der Waals surface area contributed by atoms with Gasteiger partial charge >= 0.3 is 7.12 Å². The van der Waals surface area contributed by atoms with E-state index in [-0.39, 0.29) is 0 Å². The highest BCUT2D eigenvalue weighted by Crippen LogP contribution is 2.34. The molecule has 1 aliphatic heterocycles. The Balaban J connectivity index is 1.24. The maximum absolute atomic E-state index is 6.31. The Morgan fingerprint density at radius 2 is 1.43 bits per heavy atom. The first-order valence-corrected chi connectivity index (χ1v) is 12.3. The molecule has 5 nitrogen and oxygen atoms in total. The lowest BCUT2D eigenvalue weighted by Gasteiger charge is -2.12. The quantitative estimate of drug-likeness (QED) is 0.261. The van der Waals surface area contributed by atoms with Gasteiger partial charge in [-0.3, -0.25) is 4.57 Å². The fourth-order valence-electron chi connectivity index (χ4n) is 4.96. The summed E-state index contributed by atoms with van der Waals surface area (Å²) in [6.45, 7) is 4.20. The second kappa shape index (κ2) is 8.45. The van der Waals surface area contributed by atoms with Crippen molar-refractivity contribution in [2.75, 3.05) is 0 Å². The summed E-state index contributed by atoms with van der Waals surface area (Å²) >= 11 is 0. The van der Waals surface area contributed by atoms with Gasteiger partial charge in [-0.2, -0.15) is 0 Å². The largest absolute Gasteiger partial charge is 0.632 e. The van der Waals surface area contributed by atoms with Gasteiger partial charge in [-0.25, -0.2) is 4.98 Å². The average molecular weight is 482 g/mol. The lowest BCUT2D eigenvalue weighted by atomic mass is 9.79. The van der Waals surface area contributed by atoms with Gasteiger partial charge in [0, 0.05) is 28.5 Å². The van der Waals surface area contributed by atoms with E-state index >= 15 is 0 Å². The van der Waals surface area contributed by atoms with Crippen LogP contribution in [-0.4, -0.2) is 16.7 Å². The van der Waals surface area contributed by atoms with E-state index in [2.05, 4.69) is 48.7 Å². The fourth-order valence-corrected chi connectivity index (χ4v) is 4.96. The van der Waals surface area contributed by atoms with Crippen molar-refractivity contribution in [3.05, 3.63) is 114 Å². The van der Waals surface area contributed by atoms with E-state index in [1.54, 1.807) is 0 Å². The van der Waals surface area contributed by atoms with Crippen LogP contribution < -0.4 is 19.5 Å². The van der Waals surface area contributed by atoms with Gasteiger partial charge < -0.3 is 14.0 Å². The van der Waals surface area contributed by atoms with Crippen molar-refractivity contribution in [3.63, 3.8) is 0 Å². The molecular formula is C31H23BN2O3. The van der Waals surface area contributed by atoms with Gasteiger partial charge in [0.1, 0.15) is 28.6 Å².